The molecule has 0 saturated carbocycles. The predicted molar refractivity (Wildman–Crippen MR) is 205 cm³/mol. The summed E-state index contributed by atoms with van der Waals surface area (Å²) in [5.74, 6) is 0. The topological polar surface area (TPSA) is 143 Å². The van der Waals surface area contributed by atoms with Crippen LogP contribution in [0.1, 0.15) is 109 Å². The van der Waals surface area contributed by atoms with Crippen LogP contribution < -0.4 is 0 Å². The molecule has 4 amide bonds. The zero-order valence-corrected chi connectivity index (χ0v) is 34.1. The molecule has 296 valence electrons. The number of amides is 4. The zero-order chi connectivity index (χ0) is 40.0. The molecule has 2 fully saturated rings. The molecule has 2 heterocycles. The summed E-state index contributed by atoms with van der Waals surface area (Å²) in [5.41, 5.74) is 3.46. The van der Waals surface area contributed by atoms with Crippen molar-refractivity contribution in [3.05, 3.63) is 46.6 Å². The van der Waals surface area contributed by atoms with Gasteiger partial charge in [-0.2, -0.15) is 0 Å². The molecule has 3 aliphatic carbocycles. The van der Waals surface area contributed by atoms with Crippen LogP contribution in [0.25, 0.3) is 0 Å². The third-order valence-corrected chi connectivity index (χ3v) is 8.81. The fraction of sp³-hybridized carbons (Fsp3) is 0.650. The van der Waals surface area contributed by atoms with Gasteiger partial charge in [-0.25, -0.2) is 29.2 Å². The summed E-state index contributed by atoms with van der Waals surface area (Å²) in [4.78, 5) is 68.8. The number of aliphatic imine (C=N–C) groups is 2. The van der Waals surface area contributed by atoms with Crippen molar-refractivity contribution in [1.82, 2.24) is 19.6 Å². The summed E-state index contributed by atoms with van der Waals surface area (Å²) in [5, 5.41) is 0. The Hall–Kier alpha value is -4.62. The monoisotopic (exact) mass is 750 g/mol. The third-order valence-electron chi connectivity index (χ3n) is 8.81. The summed E-state index contributed by atoms with van der Waals surface area (Å²) in [6.45, 7) is 22.7. The maximum atomic E-state index is 13.3. The molecule has 0 spiro atoms. The lowest BCUT2D eigenvalue weighted by Crippen LogP contribution is -2.47. The van der Waals surface area contributed by atoms with Crippen LogP contribution in [0.2, 0.25) is 0 Å². The van der Waals surface area contributed by atoms with Gasteiger partial charge in [-0.1, -0.05) is 23.3 Å². The Kier molecular flexibility index (Phi) is 11.2. The molecule has 2 aliphatic heterocycles. The molecule has 0 aromatic heterocycles. The lowest BCUT2D eigenvalue weighted by molar-refractivity contribution is -0.000136. The van der Waals surface area contributed by atoms with Gasteiger partial charge in [0.1, 0.15) is 22.4 Å². The van der Waals surface area contributed by atoms with E-state index in [1.165, 1.54) is 41.9 Å². The van der Waals surface area contributed by atoms with Crippen molar-refractivity contribution in [2.45, 2.75) is 144 Å². The second kappa shape index (κ2) is 14.9. The maximum Gasteiger partial charge on any atom is 0.413 e. The minimum Gasteiger partial charge on any atom is -0.444 e. The van der Waals surface area contributed by atoms with Crippen LogP contribution in [-0.4, -0.2) is 117 Å². The van der Waals surface area contributed by atoms with E-state index in [2.05, 4.69) is 12.2 Å². The quantitative estimate of drug-likeness (QED) is 0.261. The summed E-state index contributed by atoms with van der Waals surface area (Å²) < 4.78 is 22.7. The van der Waals surface area contributed by atoms with Crippen molar-refractivity contribution < 1.29 is 38.1 Å². The molecule has 5 aliphatic rings. The van der Waals surface area contributed by atoms with Gasteiger partial charge in [0.2, 0.25) is 12.6 Å². The number of carbonyl (C=O) groups is 4. The molecule has 14 heteroatoms. The second-order valence-electron chi connectivity index (χ2n) is 18.3. The van der Waals surface area contributed by atoms with Gasteiger partial charge in [-0.05, 0) is 119 Å². The van der Waals surface area contributed by atoms with E-state index in [1.54, 1.807) is 83.1 Å². The van der Waals surface area contributed by atoms with Gasteiger partial charge in [0.15, 0.2) is 0 Å². The minimum absolute atomic E-state index is 0.268. The van der Waals surface area contributed by atoms with Crippen LogP contribution >= 0.6 is 0 Å². The molecule has 2 saturated heterocycles. The van der Waals surface area contributed by atoms with Crippen LogP contribution in [0, 0.1) is 0 Å². The Morgan fingerprint density at radius 1 is 0.463 bits per heavy atom. The van der Waals surface area contributed by atoms with Crippen molar-refractivity contribution in [3.8, 4) is 0 Å². The van der Waals surface area contributed by atoms with E-state index in [1.807, 2.05) is 12.2 Å². The van der Waals surface area contributed by atoms with Crippen molar-refractivity contribution in [2.24, 2.45) is 9.98 Å². The zero-order valence-electron chi connectivity index (χ0n) is 34.1. The highest BCUT2D eigenvalue weighted by Gasteiger charge is 2.44. The van der Waals surface area contributed by atoms with Gasteiger partial charge in [0.25, 0.3) is 0 Å². The lowest BCUT2D eigenvalue weighted by atomic mass is 9.78. The summed E-state index contributed by atoms with van der Waals surface area (Å²) in [7, 11) is 0. The largest absolute Gasteiger partial charge is 0.444 e. The van der Waals surface area contributed by atoms with E-state index in [-0.39, 0.29) is 26.2 Å². The summed E-state index contributed by atoms with van der Waals surface area (Å²) >= 11 is 0. The third kappa shape index (κ3) is 10.3. The van der Waals surface area contributed by atoms with Crippen LogP contribution in [-0.2, 0) is 18.9 Å². The number of hydrogen-bond acceptors (Lipinski definition) is 10. The second-order valence-corrected chi connectivity index (χ2v) is 18.3. The molecule has 0 aromatic carbocycles. The summed E-state index contributed by atoms with van der Waals surface area (Å²) in [6, 6.07) is 0. The maximum absolute atomic E-state index is 13.3. The van der Waals surface area contributed by atoms with E-state index in [0.717, 1.165) is 11.4 Å². The molecule has 0 radical (unpaired) electrons. The molecule has 14 nitrogen and oxygen atoms in total. The SMILES string of the molecule is CC(C)(C)OC(=O)N1CCN(C(=O)OC(C)(C)C)C1/N=C1\C=CC2=C(CC3=C(C2)C/C(=N/C2N(C(=O)OC(C)(C)C)CCN2C(=O)OC(C)(C)C)C=C3)C1. The van der Waals surface area contributed by atoms with Crippen molar-refractivity contribution in [3.63, 3.8) is 0 Å². The Morgan fingerprint density at radius 2 is 0.722 bits per heavy atom. The molecule has 5 rings (SSSR count). The molecule has 0 bridgehead atoms. The Bertz CT molecular complexity index is 1530. The number of nitrogens with zero attached hydrogens (tertiary/aromatic N) is 6. The molecule has 0 unspecified atom stereocenters. The van der Waals surface area contributed by atoms with Gasteiger partial charge >= 0.3 is 24.4 Å². The van der Waals surface area contributed by atoms with Crippen molar-refractivity contribution in [2.75, 3.05) is 26.2 Å². The van der Waals surface area contributed by atoms with E-state index < -0.39 is 59.4 Å². The Morgan fingerprint density at radius 3 is 0.963 bits per heavy atom. The van der Waals surface area contributed by atoms with Crippen LogP contribution in [0.5, 0.6) is 0 Å². The fourth-order valence-electron chi connectivity index (χ4n) is 6.60. The van der Waals surface area contributed by atoms with Crippen molar-refractivity contribution in [1.29, 1.82) is 0 Å². The van der Waals surface area contributed by atoms with Crippen LogP contribution in [0.15, 0.2) is 56.6 Å². The number of carbonyl (C=O) groups excluding carboxylic acids is 4. The van der Waals surface area contributed by atoms with E-state index in [9.17, 15) is 19.2 Å². The first-order chi connectivity index (χ1) is 24.9. The van der Waals surface area contributed by atoms with Gasteiger partial charge in [0.05, 0.1) is 0 Å². The van der Waals surface area contributed by atoms with Gasteiger partial charge < -0.3 is 18.9 Å². The van der Waals surface area contributed by atoms with Gasteiger partial charge in [0, 0.05) is 50.4 Å². The molecular formula is C40H58N6O8. The first kappa shape index (κ1) is 40.6. The number of ether oxygens (including phenoxy) is 4. The molecule has 0 aromatic rings. The first-order valence-corrected chi connectivity index (χ1v) is 18.8. The van der Waals surface area contributed by atoms with E-state index >= 15 is 0 Å². The highest BCUT2D eigenvalue weighted by atomic mass is 16.6. The highest BCUT2D eigenvalue weighted by molar-refractivity contribution is 6.01. The van der Waals surface area contributed by atoms with E-state index in [0.29, 0.717) is 25.7 Å². The summed E-state index contributed by atoms with van der Waals surface area (Å²) in [6.07, 6.45) is 6.62. The smallest absolute Gasteiger partial charge is 0.413 e. The fourth-order valence-corrected chi connectivity index (χ4v) is 6.60. The lowest BCUT2D eigenvalue weighted by Gasteiger charge is -2.32. The first-order valence-electron chi connectivity index (χ1n) is 18.8. The molecule has 54 heavy (non-hydrogen) atoms. The Labute approximate surface area is 319 Å². The number of rotatable bonds is 2. The standard InChI is InChI=1S/C40H58N6O8/c1-37(2,3)51-33(47)43-17-18-44(34(48)52-38(4,5)6)31(43)41-29-15-13-25-22-28-24-30(16-14-26(28)21-27(25)23-29)42-32-45(35(49)53-39(7,8)9)19-20-46(32)36(50)54-40(10,11)12/h13-16,31-32H,17-24H2,1-12H3/b41-29+,42-30+. The van der Waals surface area contributed by atoms with Gasteiger partial charge in [-0.15, -0.1) is 0 Å². The minimum atomic E-state index is -0.903. The number of allylic oxidation sites excluding steroid dienone is 8. The average Bonchev–Trinajstić information content (AvgIpc) is 3.61. The normalized spacial score (nSPS) is 21.6. The van der Waals surface area contributed by atoms with Crippen LogP contribution in [0.3, 0.4) is 0 Å². The Balaban J connectivity index is 1.33. The van der Waals surface area contributed by atoms with Crippen molar-refractivity contribution >= 4 is 35.8 Å². The highest BCUT2D eigenvalue weighted by Crippen LogP contribution is 2.39. The predicted octanol–water partition coefficient (Wildman–Crippen LogP) is 7.72. The number of hydrogen-bond donors (Lipinski definition) is 0. The molecular weight excluding hydrogens is 692 g/mol. The van der Waals surface area contributed by atoms with E-state index in [4.69, 9.17) is 28.9 Å². The molecule has 0 N–H and O–H groups in total. The average molecular weight is 751 g/mol. The molecule has 0 atom stereocenters. The van der Waals surface area contributed by atoms with Crippen LogP contribution in [0.4, 0.5) is 19.2 Å². The van der Waals surface area contributed by atoms with Gasteiger partial charge in [-0.3, -0.25) is 19.6 Å².